The molecule has 0 spiro atoms. The number of Topliss-reactive ketones (excluding diaryl/α,β-unsaturated/α-hetero) is 1. The van der Waals surface area contributed by atoms with Crippen LogP contribution in [0.1, 0.15) is 10.4 Å². The summed E-state index contributed by atoms with van der Waals surface area (Å²) in [7, 11) is 0. The van der Waals surface area contributed by atoms with Crippen LogP contribution in [0.2, 0.25) is 0 Å². The van der Waals surface area contributed by atoms with E-state index < -0.39 is 0 Å². The van der Waals surface area contributed by atoms with Crippen LogP contribution in [-0.4, -0.2) is 5.78 Å². The maximum Gasteiger partial charge on any atom is 0.193 e. The van der Waals surface area contributed by atoms with Gasteiger partial charge in [0.05, 0.1) is 0 Å². The van der Waals surface area contributed by atoms with Gasteiger partial charge < -0.3 is 0 Å². The monoisotopic (exact) mass is 310 g/mol. The minimum absolute atomic E-state index is 0.0306. The second kappa shape index (κ2) is 6.35. The number of allylic oxidation sites excluding steroid dienone is 4. The Morgan fingerprint density at radius 1 is 1.27 bits per heavy atom. The third kappa shape index (κ3) is 3.47. The summed E-state index contributed by atoms with van der Waals surface area (Å²) in [6.45, 7) is 3.57. The van der Waals surface area contributed by atoms with Gasteiger partial charge in [-0.15, -0.1) is 0 Å². The lowest BCUT2D eigenvalue weighted by atomic mass is 10.0. The smallest absolute Gasteiger partial charge is 0.193 e. The van der Waals surface area contributed by atoms with Gasteiger partial charge in [0.2, 0.25) is 0 Å². The van der Waals surface area contributed by atoms with Crippen LogP contribution in [0.4, 0.5) is 0 Å². The Morgan fingerprint density at radius 2 is 1.93 bits per heavy atom. The molecule has 0 N–H and O–H groups in total. The maximum absolute atomic E-state index is 11.9. The molecule has 2 heteroatoms. The lowest BCUT2D eigenvalue weighted by Gasteiger charge is -1.99. The van der Waals surface area contributed by atoms with Crippen LogP contribution in [0.5, 0.6) is 0 Å². The normalized spacial score (nSPS) is 11.7. The quantitative estimate of drug-likeness (QED) is 0.356. The third-order valence-electron chi connectivity index (χ3n) is 1.83. The lowest BCUT2D eigenvalue weighted by Crippen LogP contribution is -2.00. The Kier molecular flexibility index (Phi) is 5.04. The highest BCUT2D eigenvalue weighted by molar-refractivity contribution is 14.1. The molecule has 0 fully saturated rings. The van der Waals surface area contributed by atoms with Gasteiger partial charge >= 0.3 is 0 Å². The van der Waals surface area contributed by atoms with Crippen LogP contribution in [-0.2, 0) is 0 Å². The van der Waals surface area contributed by atoms with Gasteiger partial charge in [-0.3, -0.25) is 4.79 Å². The van der Waals surface area contributed by atoms with Gasteiger partial charge in [-0.25, -0.2) is 0 Å². The summed E-state index contributed by atoms with van der Waals surface area (Å²) in [5, 5.41) is 0. The Hall–Kier alpha value is -1.16. The van der Waals surface area contributed by atoms with Gasteiger partial charge in [-0.05, 0) is 4.08 Å². The molecule has 0 aliphatic heterocycles. The van der Waals surface area contributed by atoms with Gasteiger partial charge in [-0.2, -0.15) is 0 Å². The van der Waals surface area contributed by atoms with E-state index in [0.29, 0.717) is 11.1 Å². The topological polar surface area (TPSA) is 17.1 Å². The Morgan fingerprint density at radius 3 is 2.47 bits per heavy atom. The number of carbonyl (C=O) groups excluding carboxylic acids is 1. The average Bonchev–Trinajstić information content (AvgIpc) is 2.31. The molecule has 0 bridgehead atoms. The summed E-state index contributed by atoms with van der Waals surface area (Å²) >= 11 is 2.06. The molecular weight excluding hydrogens is 299 g/mol. The summed E-state index contributed by atoms with van der Waals surface area (Å²) in [6, 6.07) is 9.22. The minimum atomic E-state index is 0.0306. The van der Waals surface area contributed by atoms with E-state index >= 15 is 0 Å². The number of hydrogen-bond acceptors (Lipinski definition) is 1. The molecule has 0 radical (unpaired) electrons. The van der Waals surface area contributed by atoms with Crippen LogP contribution in [0.25, 0.3) is 0 Å². The lowest BCUT2D eigenvalue weighted by molar-refractivity contribution is 0.103. The van der Waals surface area contributed by atoms with Gasteiger partial charge in [0, 0.05) is 11.1 Å². The van der Waals surface area contributed by atoms with E-state index in [4.69, 9.17) is 0 Å². The van der Waals surface area contributed by atoms with Crippen molar-refractivity contribution in [2.45, 2.75) is 0 Å². The fourth-order valence-corrected chi connectivity index (χ4v) is 1.58. The van der Waals surface area contributed by atoms with Crippen molar-refractivity contribution in [2.75, 3.05) is 0 Å². The zero-order valence-electron chi connectivity index (χ0n) is 8.19. The van der Waals surface area contributed by atoms with Crippen molar-refractivity contribution in [1.82, 2.24) is 0 Å². The van der Waals surface area contributed by atoms with Gasteiger partial charge in [0.1, 0.15) is 0 Å². The van der Waals surface area contributed by atoms with Crippen molar-refractivity contribution in [3.05, 3.63) is 70.4 Å². The minimum Gasteiger partial charge on any atom is -0.289 e. The van der Waals surface area contributed by atoms with Crippen LogP contribution < -0.4 is 0 Å². The molecule has 1 rings (SSSR count). The van der Waals surface area contributed by atoms with Gasteiger partial charge in [0.25, 0.3) is 0 Å². The molecule has 0 amide bonds. The third-order valence-corrected chi connectivity index (χ3v) is 2.50. The zero-order valence-corrected chi connectivity index (χ0v) is 10.3. The van der Waals surface area contributed by atoms with E-state index in [0.717, 1.165) is 0 Å². The summed E-state index contributed by atoms with van der Waals surface area (Å²) in [5.41, 5.74) is 1.37. The molecule has 76 valence electrons. The first-order valence-corrected chi connectivity index (χ1v) is 5.73. The number of rotatable bonds is 4. The predicted molar refractivity (Wildman–Crippen MR) is 72.2 cm³/mol. The molecular formula is C13H11IO. The molecule has 1 nitrogen and oxygen atoms in total. The van der Waals surface area contributed by atoms with E-state index in [9.17, 15) is 4.79 Å². The summed E-state index contributed by atoms with van der Waals surface area (Å²) < 4.78 is 1.77. The van der Waals surface area contributed by atoms with Crippen molar-refractivity contribution in [3.63, 3.8) is 0 Å². The Bertz CT molecular complexity index is 402. The molecule has 0 heterocycles. The molecule has 0 saturated carbocycles. The van der Waals surface area contributed by atoms with Crippen molar-refractivity contribution in [3.8, 4) is 0 Å². The second-order valence-electron chi connectivity index (χ2n) is 2.85. The highest BCUT2D eigenvalue weighted by atomic mass is 127. The molecule has 0 atom stereocenters. The highest BCUT2D eigenvalue weighted by Gasteiger charge is 2.07. The van der Waals surface area contributed by atoms with Crippen molar-refractivity contribution in [2.24, 2.45) is 0 Å². The zero-order chi connectivity index (χ0) is 11.1. The Labute approximate surface area is 103 Å². The number of hydrogen-bond donors (Lipinski definition) is 0. The summed E-state index contributed by atoms with van der Waals surface area (Å²) in [4.78, 5) is 11.9. The van der Waals surface area contributed by atoms with Gasteiger partial charge in [-0.1, -0.05) is 77.7 Å². The first-order valence-electron chi connectivity index (χ1n) is 4.49. The van der Waals surface area contributed by atoms with Crippen LogP contribution >= 0.6 is 22.6 Å². The van der Waals surface area contributed by atoms with E-state index in [1.807, 2.05) is 30.3 Å². The molecule has 15 heavy (non-hydrogen) atoms. The number of benzene rings is 1. The average molecular weight is 310 g/mol. The SMILES string of the molecule is C=C/C=C\C(=C/I)C(=O)c1ccccc1. The predicted octanol–water partition coefficient (Wildman–Crippen LogP) is 3.93. The van der Waals surface area contributed by atoms with E-state index in [-0.39, 0.29) is 5.78 Å². The summed E-state index contributed by atoms with van der Waals surface area (Å²) in [5.74, 6) is 0.0306. The molecule has 1 aromatic carbocycles. The Balaban J connectivity index is 2.93. The molecule has 1 aromatic rings. The van der Waals surface area contributed by atoms with Crippen molar-refractivity contribution < 1.29 is 4.79 Å². The first kappa shape index (κ1) is 11.9. The van der Waals surface area contributed by atoms with Crippen molar-refractivity contribution >= 4 is 28.4 Å². The highest BCUT2D eigenvalue weighted by Crippen LogP contribution is 2.11. The largest absolute Gasteiger partial charge is 0.289 e. The first-order chi connectivity index (χ1) is 7.29. The standard InChI is InChI=1S/C13H11IO/c1-2-3-7-12(10-14)13(15)11-8-5-4-6-9-11/h2-10H,1H2/b7-3-,12-10+. The van der Waals surface area contributed by atoms with Crippen LogP contribution in [0.15, 0.2) is 64.8 Å². The maximum atomic E-state index is 11.9. The number of carbonyl (C=O) groups is 1. The molecule has 0 aromatic heterocycles. The van der Waals surface area contributed by atoms with E-state index in [2.05, 4.69) is 29.2 Å². The number of halogens is 1. The second-order valence-corrected chi connectivity index (χ2v) is 3.48. The van der Waals surface area contributed by atoms with Crippen LogP contribution in [0, 0.1) is 0 Å². The number of ketones is 1. The fourth-order valence-electron chi connectivity index (χ4n) is 1.09. The molecule has 0 aliphatic carbocycles. The van der Waals surface area contributed by atoms with Crippen molar-refractivity contribution in [1.29, 1.82) is 0 Å². The van der Waals surface area contributed by atoms with Gasteiger partial charge in [0.15, 0.2) is 5.78 Å². The fraction of sp³-hybridized carbons (Fsp3) is 0. The van der Waals surface area contributed by atoms with E-state index in [1.165, 1.54) is 0 Å². The van der Waals surface area contributed by atoms with Crippen LogP contribution in [0.3, 0.4) is 0 Å². The molecule has 0 saturated heterocycles. The molecule has 0 aliphatic rings. The molecule has 0 unspecified atom stereocenters. The summed E-state index contributed by atoms with van der Waals surface area (Å²) in [6.07, 6.45) is 5.17. The van der Waals surface area contributed by atoms with E-state index in [1.54, 1.807) is 22.3 Å².